The molecule has 6 heteroatoms. The third-order valence-corrected chi connectivity index (χ3v) is 6.72. The van der Waals surface area contributed by atoms with Gasteiger partial charge in [-0.05, 0) is 86.2 Å². The Morgan fingerprint density at radius 1 is 0.970 bits per heavy atom. The van der Waals surface area contributed by atoms with Crippen LogP contribution in [0.15, 0.2) is 65.5 Å². The largest absolute Gasteiger partial charge is 0.348 e. The molecule has 1 aromatic heterocycles. The normalized spacial score (nSPS) is 14.4. The Kier molecular flexibility index (Phi) is 5.25. The Morgan fingerprint density at radius 2 is 1.55 bits per heavy atom. The molecule has 0 saturated carbocycles. The van der Waals surface area contributed by atoms with Crippen molar-refractivity contribution in [1.82, 2.24) is 14.8 Å². The second-order valence-electron chi connectivity index (χ2n) is 8.93. The van der Waals surface area contributed by atoms with Gasteiger partial charge in [0.05, 0.1) is 11.1 Å². The van der Waals surface area contributed by atoms with Gasteiger partial charge in [0, 0.05) is 0 Å². The van der Waals surface area contributed by atoms with Crippen molar-refractivity contribution in [2.45, 2.75) is 38.5 Å². The van der Waals surface area contributed by atoms with Crippen LogP contribution < -0.4 is 11.4 Å². The first-order valence-corrected chi connectivity index (χ1v) is 11.3. The maximum absolute atomic E-state index is 13.5. The van der Waals surface area contributed by atoms with E-state index in [-0.39, 0.29) is 11.5 Å². The summed E-state index contributed by atoms with van der Waals surface area (Å²) in [5.74, 6) is 0.193. The Hall–Kier alpha value is -3.51. The highest BCUT2D eigenvalue weighted by molar-refractivity contribution is 5.56. The highest BCUT2D eigenvalue weighted by Gasteiger charge is 2.43. The maximum atomic E-state index is 13.5. The molecule has 33 heavy (non-hydrogen) atoms. The second kappa shape index (κ2) is 8.12. The minimum atomic E-state index is -0.693. The molecule has 1 aliphatic carbocycles. The Morgan fingerprint density at radius 3 is 2.09 bits per heavy atom. The summed E-state index contributed by atoms with van der Waals surface area (Å²) in [7, 11) is 0. The van der Waals surface area contributed by atoms with Crippen molar-refractivity contribution in [3.05, 3.63) is 116 Å². The quantitative estimate of drug-likeness (QED) is 0.500. The van der Waals surface area contributed by atoms with E-state index in [0.29, 0.717) is 24.5 Å². The van der Waals surface area contributed by atoms with Gasteiger partial charge in [0.25, 0.3) is 0 Å². The standard InChI is InChI=1S/C27H27FN4O/c1-17-3-11-23-19(15-17)5-6-20-16-18(2)4-12-24(20)27(23,13-14-29)25-30-26(33)32(31-25)22-9-7-21(28)8-10-22/h3-4,7-12,15-16H,5-6,13-14,29H2,1-2H3,(H,30,31,33). The number of nitrogens with one attached hydrogen (secondary N) is 1. The van der Waals surface area contributed by atoms with Gasteiger partial charge >= 0.3 is 5.69 Å². The average molecular weight is 443 g/mol. The molecule has 0 spiro atoms. The summed E-state index contributed by atoms with van der Waals surface area (Å²) in [5.41, 5.74) is 12.8. The van der Waals surface area contributed by atoms with Crippen LogP contribution in [0.5, 0.6) is 0 Å². The van der Waals surface area contributed by atoms with Crippen LogP contribution >= 0.6 is 0 Å². The van der Waals surface area contributed by atoms with Crippen molar-refractivity contribution >= 4 is 0 Å². The zero-order chi connectivity index (χ0) is 23.2. The minimum Gasteiger partial charge on any atom is -0.330 e. The molecule has 0 radical (unpaired) electrons. The highest BCUT2D eigenvalue weighted by Crippen LogP contribution is 2.46. The molecule has 5 nitrogen and oxygen atoms in total. The molecule has 1 heterocycles. The van der Waals surface area contributed by atoms with Gasteiger partial charge in [-0.3, -0.25) is 4.98 Å². The number of hydrogen-bond donors (Lipinski definition) is 2. The van der Waals surface area contributed by atoms with E-state index >= 15 is 0 Å². The number of rotatable bonds is 4. The van der Waals surface area contributed by atoms with Gasteiger partial charge in [-0.2, -0.15) is 4.68 Å². The number of benzene rings is 3. The minimum absolute atomic E-state index is 0.362. The smallest absolute Gasteiger partial charge is 0.330 e. The van der Waals surface area contributed by atoms with E-state index < -0.39 is 5.41 Å². The van der Waals surface area contributed by atoms with Crippen molar-refractivity contribution < 1.29 is 4.39 Å². The summed E-state index contributed by atoms with van der Waals surface area (Å²) in [5, 5.41) is 4.78. The van der Waals surface area contributed by atoms with Gasteiger partial charge in [0.1, 0.15) is 11.6 Å². The molecule has 0 saturated heterocycles. The van der Waals surface area contributed by atoms with Gasteiger partial charge in [-0.25, -0.2) is 9.18 Å². The fraction of sp³-hybridized carbons (Fsp3) is 0.259. The predicted octanol–water partition coefficient (Wildman–Crippen LogP) is 4.10. The monoisotopic (exact) mass is 442 g/mol. The van der Waals surface area contributed by atoms with Crippen LogP contribution in [0.1, 0.15) is 45.6 Å². The molecule has 5 rings (SSSR count). The van der Waals surface area contributed by atoms with E-state index in [9.17, 15) is 9.18 Å². The van der Waals surface area contributed by atoms with E-state index in [2.05, 4.69) is 55.2 Å². The van der Waals surface area contributed by atoms with Crippen molar-refractivity contribution in [2.75, 3.05) is 6.54 Å². The number of aromatic amines is 1. The number of H-pyrrole nitrogens is 1. The van der Waals surface area contributed by atoms with Gasteiger partial charge < -0.3 is 5.73 Å². The van der Waals surface area contributed by atoms with Gasteiger partial charge in [-0.15, -0.1) is 5.10 Å². The molecule has 0 fully saturated rings. The number of fused-ring (bicyclic) bond motifs is 2. The number of hydrogen-bond acceptors (Lipinski definition) is 3. The summed E-state index contributed by atoms with van der Waals surface area (Å²) in [4.78, 5) is 16.1. The van der Waals surface area contributed by atoms with E-state index in [4.69, 9.17) is 10.8 Å². The number of aromatic nitrogens is 3. The van der Waals surface area contributed by atoms with E-state index in [1.54, 1.807) is 12.1 Å². The Bertz CT molecular complexity index is 1330. The lowest BCUT2D eigenvalue weighted by Gasteiger charge is -2.34. The second-order valence-corrected chi connectivity index (χ2v) is 8.93. The van der Waals surface area contributed by atoms with E-state index in [1.807, 2.05) is 0 Å². The molecule has 0 bridgehead atoms. The summed E-state index contributed by atoms with van der Waals surface area (Å²) in [6.07, 6.45) is 2.40. The van der Waals surface area contributed by atoms with Crippen LogP contribution in [0.3, 0.4) is 0 Å². The molecule has 3 aromatic carbocycles. The fourth-order valence-corrected chi connectivity index (χ4v) is 5.24. The molecule has 0 atom stereocenters. The van der Waals surface area contributed by atoms with Crippen molar-refractivity contribution in [3.8, 4) is 5.69 Å². The number of aryl methyl sites for hydroxylation is 4. The average Bonchev–Trinajstić information content (AvgIpc) is 3.13. The molecule has 4 aromatic rings. The van der Waals surface area contributed by atoms with Gasteiger partial charge in [0.15, 0.2) is 0 Å². The number of nitrogens with two attached hydrogens (primary N) is 1. The maximum Gasteiger partial charge on any atom is 0.348 e. The molecular weight excluding hydrogens is 415 g/mol. The molecule has 3 N–H and O–H groups in total. The number of nitrogens with zero attached hydrogens (tertiary/aromatic N) is 2. The molecule has 168 valence electrons. The summed E-state index contributed by atoms with van der Waals surface area (Å²) < 4.78 is 14.8. The predicted molar refractivity (Wildman–Crippen MR) is 127 cm³/mol. The fourth-order valence-electron chi connectivity index (χ4n) is 5.24. The summed E-state index contributed by atoms with van der Waals surface area (Å²) in [6.45, 7) is 4.61. The molecule has 0 unspecified atom stereocenters. The van der Waals surface area contributed by atoms with Crippen molar-refractivity contribution in [3.63, 3.8) is 0 Å². The zero-order valence-corrected chi connectivity index (χ0v) is 18.9. The van der Waals surface area contributed by atoms with Crippen LogP contribution in [0.4, 0.5) is 4.39 Å². The van der Waals surface area contributed by atoms with Gasteiger partial charge in [-0.1, -0.05) is 47.5 Å². The van der Waals surface area contributed by atoms with Crippen molar-refractivity contribution in [1.29, 1.82) is 0 Å². The topological polar surface area (TPSA) is 76.7 Å². The molecule has 0 aliphatic heterocycles. The first-order chi connectivity index (χ1) is 15.9. The van der Waals surface area contributed by atoms with E-state index in [1.165, 1.54) is 39.1 Å². The number of halogens is 1. The zero-order valence-electron chi connectivity index (χ0n) is 18.9. The lowest BCUT2D eigenvalue weighted by molar-refractivity contribution is 0.529. The Balaban J connectivity index is 1.82. The van der Waals surface area contributed by atoms with Gasteiger partial charge in [0.2, 0.25) is 0 Å². The lowest BCUT2D eigenvalue weighted by atomic mass is 9.69. The van der Waals surface area contributed by atoms with Crippen LogP contribution in [0.25, 0.3) is 5.69 Å². The first kappa shape index (κ1) is 21.3. The summed E-state index contributed by atoms with van der Waals surface area (Å²) >= 11 is 0. The van der Waals surface area contributed by atoms with Crippen LogP contribution in [-0.4, -0.2) is 21.3 Å². The van der Waals surface area contributed by atoms with Crippen molar-refractivity contribution in [2.24, 2.45) is 5.73 Å². The molecular formula is C27H27FN4O. The first-order valence-electron chi connectivity index (χ1n) is 11.3. The third-order valence-electron chi connectivity index (χ3n) is 6.72. The van der Waals surface area contributed by atoms with Crippen LogP contribution in [0.2, 0.25) is 0 Å². The highest BCUT2D eigenvalue weighted by atomic mass is 19.1. The van der Waals surface area contributed by atoms with Crippen LogP contribution in [0, 0.1) is 19.7 Å². The Labute approximate surface area is 192 Å². The summed E-state index contributed by atoms with van der Waals surface area (Å²) in [6, 6.07) is 18.8. The molecule has 0 amide bonds. The third kappa shape index (κ3) is 3.51. The SMILES string of the molecule is Cc1ccc2c(c1)CCc1cc(C)ccc1C2(CCN)c1nn(-c2ccc(F)cc2)c(=O)[nH]1. The lowest BCUT2D eigenvalue weighted by Crippen LogP contribution is -2.35. The molecule has 1 aliphatic rings. The van der Waals surface area contributed by atoms with E-state index in [0.717, 1.165) is 24.0 Å². The van der Waals surface area contributed by atoms with Crippen LogP contribution in [-0.2, 0) is 18.3 Å².